The first-order valence-corrected chi connectivity index (χ1v) is 9.41. The number of esters is 1. The van der Waals surface area contributed by atoms with Crippen molar-refractivity contribution < 1.29 is 9.53 Å². The molecule has 1 unspecified atom stereocenters. The molecular weight excluding hydrogens is 336 g/mol. The summed E-state index contributed by atoms with van der Waals surface area (Å²) in [5, 5.41) is 4.99. The molecule has 1 heterocycles. The van der Waals surface area contributed by atoms with Crippen molar-refractivity contribution in [2.75, 3.05) is 13.7 Å². The Labute approximate surface area is 159 Å². The van der Waals surface area contributed by atoms with Crippen LogP contribution in [0, 0.1) is 0 Å². The fourth-order valence-electron chi connectivity index (χ4n) is 3.88. The molecular formula is C23H24N2O2. The maximum absolute atomic E-state index is 11.2. The number of para-hydroxylation sites is 1. The van der Waals surface area contributed by atoms with Gasteiger partial charge in [-0.3, -0.25) is 0 Å². The number of hydrogen-bond acceptors (Lipinski definition) is 3. The number of fused-ring (bicyclic) bond motifs is 2. The lowest BCUT2D eigenvalue weighted by atomic mass is 10.0. The van der Waals surface area contributed by atoms with Gasteiger partial charge in [0.1, 0.15) is 0 Å². The Morgan fingerprint density at radius 3 is 3.04 bits per heavy atom. The smallest absolute Gasteiger partial charge is 0.330 e. The van der Waals surface area contributed by atoms with Crippen LogP contribution in [0.2, 0.25) is 0 Å². The first-order valence-electron chi connectivity index (χ1n) is 9.41. The molecule has 2 aromatic carbocycles. The fraction of sp³-hybridized carbons (Fsp3) is 0.261. The summed E-state index contributed by atoms with van der Waals surface area (Å²) in [6.07, 6.45) is 7.62. The van der Waals surface area contributed by atoms with Crippen molar-refractivity contribution in [3.05, 3.63) is 77.5 Å². The Bertz CT molecular complexity index is 987. The average molecular weight is 360 g/mol. The van der Waals surface area contributed by atoms with Crippen LogP contribution in [0.25, 0.3) is 17.0 Å². The van der Waals surface area contributed by atoms with Gasteiger partial charge < -0.3 is 14.6 Å². The van der Waals surface area contributed by atoms with E-state index in [0.29, 0.717) is 6.04 Å². The van der Waals surface area contributed by atoms with E-state index in [9.17, 15) is 4.79 Å². The standard InChI is InChI=1S/C23H24N2O2/c1-27-23(26)11-7-17-6-9-20-19(16-17)8-10-21(20)24-13-15-25-14-12-18-4-2-3-5-22(18)25/h2-7,9,11-12,14,16,21,24H,8,10,13,15H2,1H3/b11-7+. The third-order valence-corrected chi connectivity index (χ3v) is 5.28. The molecule has 0 aliphatic heterocycles. The van der Waals surface area contributed by atoms with E-state index in [1.54, 1.807) is 0 Å². The van der Waals surface area contributed by atoms with E-state index in [1.807, 2.05) is 6.08 Å². The number of carbonyl (C=O) groups is 1. The minimum atomic E-state index is -0.326. The topological polar surface area (TPSA) is 43.3 Å². The molecule has 0 saturated heterocycles. The van der Waals surface area contributed by atoms with Gasteiger partial charge in [-0.05, 0) is 53.1 Å². The normalized spacial score (nSPS) is 16.1. The molecule has 1 aliphatic carbocycles. The monoisotopic (exact) mass is 360 g/mol. The summed E-state index contributed by atoms with van der Waals surface area (Å²) in [5.74, 6) is -0.326. The van der Waals surface area contributed by atoms with E-state index >= 15 is 0 Å². The maximum Gasteiger partial charge on any atom is 0.330 e. The van der Waals surface area contributed by atoms with E-state index in [2.05, 4.69) is 69.3 Å². The molecule has 3 aromatic rings. The number of benzene rings is 2. The van der Waals surface area contributed by atoms with Gasteiger partial charge in [0, 0.05) is 36.9 Å². The molecule has 27 heavy (non-hydrogen) atoms. The van der Waals surface area contributed by atoms with Gasteiger partial charge >= 0.3 is 5.97 Å². The zero-order chi connectivity index (χ0) is 18.6. The first kappa shape index (κ1) is 17.6. The van der Waals surface area contributed by atoms with Crippen molar-refractivity contribution in [2.45, 2.75) is 25.4 Å². The van der Waals surface area contributed by atoms with E-state index in [0.717, 1.165) is 31.5 Å². The second kappa shape index (κ2) is 7.80. The van der Waals surface area contributed by atoms with Crippen LogP contribution in [0.3, 0.4) is 0 Å². The minimum Gasteiger partial charge on any atom is -0.466 e. The molecule has 4 rings (SSSR count). The van der Waals surface area contributed by atoms with Crippen LogP contribution in [-0.4, -0.2) is 24.2 Å². The molecule has 0 spiro atoms. The summed E-state index contributed by atoms with van der Waals surface area (Å²) in [4.78, 5) is 11.2. The lowest BCUT2D eigenvalue weighted by molar-refractivity contribution is -0.134. The summed E-state index contributed by atoms with van der Waals surface area (Å²) in [5.41, 5.74) is 5.07. The molecule has 1 atom stereocenters. The first-order chi connectivity index (χ1) is 13.2. The number of aromatic nitrogens is 1. The Kier molecular flexibility index (Phi) is 5.07. The van der Waals surface area contributed by atoms with Gasteiger partial charge in [0.25, 0.3) is 0 Å². The largest absolute Gasteiger partial charge is 0.466 e. The van der Waals surface area contributed by atoms with Crippen molar-refractivity contribution in [2.24, 2.45) is 0 Å². The molecule has 0 amide bonds. The Morgan fingerprint density at radius 2 is 2.15 bits per heavy atom. The minimum absolute atomic E-state index is 0.326. The van der Waals surface area contributed by atoms with Crippen LogP contribution in [0.1, 0.15) is 29.2 Å². The molecule has 4 nitrogen and oxygen atoms in total. The van der Waals surface area contributed by atoms with Crippen LogP contribution in [-0.2, 0) is 22.5 Å². The summed E-state index contributed by atoms with van der Waals surface area (Å²) >= 11 is 0. The van der Waals surface area contributed by atoms with Crippen LogP contribution in [0.4, 0.5) is 0 Å². The third-order valence-electron chi connectivity index (χ3n) is 5.28. The zero-order valence-electron chi connectivity index (χ0n) is 15.5. The number of methoxy groups -OCH3 is 1. The molecule has 0 fully saturated rings. The Balaban J connectivity index is 1.38. The van der Waals surface area contributed by atoms with E-state index < -0.39 is 0 Å². The highest BCUT2D eigenvalue weighted by atomic mass is 16.5. The van der Waals surface area contributed by atoms with Gasteiger partial charge in [0.05, 0.1) is 7.11 Å². The fourth-order valence-corrected chi connectivity index (χ4v) is 3.88. The number of carbonyl (C=O) groups excluding carboxylic acids is 1. The highest BCUT2D eigenvalue weighted by Gasteiger charge is 2.21. The van der Waals surface area contributed by atoms with Crippen LogP contribution < -0.4 is 5.32 Å². The molecule has 1 N–H and O–H groups in total. The molecule has 0 radical (unpaired) electrons. The van der Waals surface area contributed by atoms with Gasteiger partial charge in [0.15, 0.2) is 0 Å². The van der Waals surface area contributed by atoms with E-state index in [-0.39, 0.29) is 5.97 Å². The third kappa shape index (κ3) is 3.81. The van der Waals surface area contributed by atoms with Crippen molar-refractivity contribution in [3.63, 3.8) is 0 Å². The molecule has 0 saturated carbocycles. The van der Waals surface area contributed by atoms with Crippen molar-refractivity contribution in [3.8, 4) is 0 Å². The van der Waals surface area contributed by atoms with Gasteiger partial charge in [-0.1, -0.05) is 36.4 Å². The maximum atomic E-state index is 11.2. The summed E-state index contributed by atoms with van der Waals surface area (Å²) in [6, 6.07) is 17.5. The second-order valence-corrected chi connectivity index (χ2v) is 6.93. The van der Waals surface area contributed by atoms with E-state index in [4.69, 9.17) is 0 Å². The van der Waals surface area contributed by atoms with Crippen LogP contribution in [0.15, 0.2) is 60.8 Å². The molecule has 138 valence electrons. The number of nitrogens with one attached hydrogen (secondary N) is 1. The Morgan fingerprint density at radius 1 is 1.26 bits per heavy atom. The summed E-state index contributed by atoms with van der Waals surface area (Å²) < 4.78 is 6.95. The second-order valence-electron chi connectivity index (χ2n) is 6.93. The van der Waals surface area contributed by atoms with Crippen molar-refractivity contribution in [1.29, 1.82) is 0 Å². The number of rotatable bonds is 6. The van der Waals surface area contributed by atoms with Crippen LogP contribution in [0.5, 0.6) is 0 Å². The lowest BCUT2D eigenvalue weighted by Gasteiger charge is -2.15. The average Bonchev–Trinajstić information content (AvgIpc) is 3.30. The molecule has 0 bridgehead atoms. The summed E-state index contributed by atoms with van der Waals surface area (Å²) in [7, 11) is 1.39. The van der Waals surface area contributed by atoms with Crippen molar-refractivity contribution in [1.82, 2.24) is 9.88 Å². The molecule has 1 aliphatic rings. The quantitative estimate of drug-likeness (QED) is 0.531. The number of aryl methyl sites for hydroxylation is 1. The van der Waals surface area contributed by atoms with Gasteiger partial charge in [-0.15, -0.1) is 0 Å². The number of nitrogens with zero attached hydrogens (tertiary/aromatic N) is 1. The molecule has 1 aromatic heterocycles. The SMILES string of the molecule is COC(=O)/C=C/c1ccc2c(c1)CCC2NCCn1ccc2ccccc21. The number of hydrogen-bond donors (Lipinski definition) is 1. The molecule has 4 heteroatoms. The van der Waals surface area contributed by atoms with Gasteiger partial charge in [-0.2, -0.15) is 0 Å². The highest BCUT2D eigenvalue weighted by Crippen LogP contribution is 2.32. The van der Waals surface area contributed by atoms with Crippen molar-refractivity contribution >= 4 is 22.9 Å². The van der Waals surface area contributed by atoms with E-state index in [1.165, 1.54) is 35.2 Å². The predicted molar refractivity (Wildman–Crippen MR) is 108 cm³/mol. The van der Waals surface area contributed by atoms with Gasteiger partial charge in [-0.25, -0.2) is 4.79 Å². The lowest BCUT2D eigenvalue weighted by Crippen LogP contribution is -2.23. The summed E-state index contributed by atoms with van der Waals surface area (Å²) in [6.45, 7) is 1.89. The Hall–Kier alpha value is -2.85. The van der Waals surface area contributed by atoms with Gasteiger partial charge in [0.2, 0.25) is 0 Å². The van der Waals surface area contributed by atoms with Crippen LogP contribution >= 0.6 is 0 Å². The predicted octanol–water partition coefficient (Wildman–Crippen LogP) is 4.10. The number of ether oxygens (including phenoxy) is 1. The highest BCUT2D eigenvalue weighted by molar-refractivity contribution is 5.87. The zero-order valence-corrected chi connectivity index (χ0v) is 15.5.